The topological polar surface area (TPSA) is 0 Å². The minimum absolute atomic E-state index is 0. The standard InChI is InChI=1S/C11H9.Li.H/c1-9-5-4-7-10-6-2-3-8-11(9)10;;/h2-8H,1H2;;. The molecular weight excluding hydrogens is 139 g/mol. The van der Waals surface area contributed by atoms with Crippen LogP contribution in [0.4, 0.5) is 0 Å². The molecule has 1 heteroatoms. The summed E-state index contributed by atoms with van der Waals surface area (Å²) in [6.45, 7) is 3.95. The third kappa shape index (κ3) is 1.55. The van der Waals surface area contributed by atoms with Crippen molar-refractivity contribution in [2.24, 2.45) is 0 Å². The van der Waals surface area contributed by atoms with Gasteiger partial charge in [-0.2, -0.15) is 0 Å². The van der Waals surface area contributed by atoms with E-state index in [9.17, 15) is 0 Å². The maximum atomic E-state index is 3.95. The first-order chi connectivity index (χ1) is 5.38. The van der Waals surface area contributed by atoms with Crippen LogP contribution < -0.4 is 0 Å². The molecule has 0 spiro atoms. The molecule has 0 heterocycles. The van der Waals surface area contributed by atoms with Gasteiger partial charge in [-0.3, -0.25) is 0 Å². The van der Waals surface area contributed by atoms with E-state index in [4.69, 9.17) is 0 Å². The van der Waals surface area contributed by atoms with Crippen LogP contribution in [0.1, 0.15) is 5.56 Å². The number of rotatable bonds is 0. The Hall–Kier alpha value is -0.703. The summed E-state index contributed by atoms with van der Waals surface area (Å²) in [6.07, 6.45) is 0. The van der Waals surface area contributed by atoms with E-state index < -0.39 is 0 Å². The van der Waals surface area contributed by atoms with Crippen LogP contribution in [0.25, 0.3) is 10.8 Å². The zero-order valence-corrected chi connectivity index (χ0v) is 6.25. The van der Waals surface area contributed by atoms with Gasteiger partial charge in [-0.15, -0.1) is 0 Å². The van der Waals surface area contributed by atoms with Crippen molar-refractivity contribution in [2.45, 2.75) is 0 Å². The first-order valence-corrected chi connectivity index (χ1v) is 3.67. The van der Waals surface area contributed by atoms with Gasteiger partial charge in [-0.25, -0.2) is 0 Å². The van der Waals surface area contributed by atoms with E-state index in [1.54, 1.807) is 0 Å². The first-order valence-electron chi connectivity index (χ1n) is 3.67. The summed E-state index contributed by atoms with van der Waals surface area (Å²) >= 11 is 0. The van der Waals surface area contributed by atoms with Crippen LogP contribution >= 0.6 is 0 Å². The Bertz CT molecular complexity index is 374. The van der Waals surface area contributed by atoms with Gasteiger partial charge in [-0.1, -0.05) is 42.5 Å². The van der Waals surface area contributed by atoms with E-state index in [1.807, 2.05) is 24.3 Å². The van der Waals surface area contributed by atoms with Crippen molar-refractivity contribution in [3.8, 4) is 0 Å². The predicted molar refractivity (Wildman–Crippen MR) is 55.6 cm³/mol. The van der Waals surface area contributed by atoms with Gasteiger partial charge < -0.3 is 0 Å². The molecule has 2 aromatic rings. The average molecular weight is 149 g/mol. The number of hydrogen-bond acceptors (Lipinski definition) is 0. The summed E-state index contributed by atoms with van der Waals surface area (Å²) in [4.78, 5) is 0. The van der Waals surface area contributed by atoms with Crippen LogP contribution in [0.3, 0.4) is 0 Å². The third-order valence-corrected chi connectivity index (χ3v) is 1.88. The van der Waals surface area contributed by atoms with Crippen molar-refractivity contribution < 1.29 is 0 Å². The second-order valence-electron chi connectivity index (χ2n) is 2.64. The minimum atomic E-state index is 0. The Kier molecular flexibility index (Phi) is 2.98. The molecule has 0 N–H and O–H groups in total. The molecule has 0 aromatic heterocycles. The van der Waals surface area contributed by atoms with Crippen LogP contribution in [-0.2, 0) is 0 Å². The van der Waals surface area contributed by atoms with Crippen LogP contribution in [0.5, 0.6) is 0 Å². The summed E-state index contributed by atoms with van der Waals surface area (Å²) in [5.74, 6) is 0. The van der Waals surface area contributed by atoms with Gasteiger partial charge in [0.2, 0.25) is 0 Å². The monoisotopic (exact) mass is 149 g/mol. The normalized spacial score (nSPS) is 9.42. The van der Waals surface area contributed by atoms with Gasteiger partial charge in [0, 0.05) is 0 Å². The van der Waals surface area contributed by atoms with Crippen molar-refractivity contribution in [2.75, 3.05) is 0 Å². The molecule has 12 heavy (non-hydrogen) atoms. The van der Waals surface area contributed by atoms with Gasteiger partial charge in [0.1, 0.15) is 0 Å². The molecule has 0 aliphatic rings. The Morgan fingerprint density at radius 2 is 1.50 bits per heavy atom. The van der Waals surface area contributed by atoms with Crippen molar-refractivity contribution in [1.82, 2.24) is 0 Å². The van der Waals surface area contributed by atoms with Crippen LogP contribution in [-0.4, -0.2) is 18.9 Å². The summed E-state index contributed by atoms with van der Waals surface area (Å²) < 4.78 is 0. The molecule has 0 saturated carbocycles. The fraction of sp³-hybridized carbons (Fsp3) is 0. The van der Waals surface area contributed by atoms with Crippen molar-refractivity contribution in [1.29, 1.82) is 0 Å². The molecule has 0 bridgehead atoms. The molecule has 55 valence electrons. The molecular formula is C11H10Li. The number of benzene rings is 2. The van der Waals surface area contributed by atoms with Gasteiger partial charge in [0.05, 0.1) is 0 Å². The molecule has 2 rings (SSSR count). The van der Waals surface area contributed by atoms with Gasteiger partial charge >= 0.3 is 18.9 Å². The summed E-state index contributed by atoms with van der Waals surface area (Å²) in [5.41, 5.74) is 1.10. The second kappa shape index (κ2) is 3.80. The number of hydrogen-bond donors (Lipinski definition) is 0. The van der Waals surface area contributed by atoms with Crippen molar-refractivity contribution in [3.05, 3.63) is 55.0 Å². The number of fused-ring (bicyclic) bond motifs is 1. The van der Waals surface area contributed by atoms with Gasteiger partial charge in [0.25, 0.3) is 0 Å². The summed E-state index contributed by atoms with van der Waals surface area (Å²) in [7, 11) is 0. The fourth-order valence-electron chi connectivity index (χ4n) is 1.29. The molecule has 0 atom stereocenters. The van der Waals surface area contributed by atoms with Gasteiger partial charge in [0.15, 0.2) is 0 Å². The van der Waals surface area contributed by atoms with Gasteiger partial charge in [-0.05, 0) is 23.3 Å². The molecule has 0 aliphatic carbocycles. The SMILES string of the molecule is [CH2]c1cccc2ccccc12.[LiH]. The first kappa shape index (κ1) is 9.39. The van der Waals surface area contributed by atoms with Crippen LogP contribution in [0.15, 0.2) is 42.5 Å². The van der Waals surface area contributed by atoms with E-state index in [0.717, 1.165) is 5.56 Å². The molecule has 0 unspecified atom stereocenters. The quantitative estimate of drug-likeness (QED) is 0.504. The molecule has 0 fully saturated rings. The fourth-order valence-corrected chi connectivity index (χ4v) is 1.29. The Morgan fingerprint density at radius 1 is 0.833 bits per heavy atom. The van der Waals surface area contributed by atoms with E-state index in [-0.39, 0.29) is 18.9 Å². The predicted octanol–water partition coefficient (Wildman–Crippen LogP) is 2.37. The average Bonchev–Trinajstić information content (AvgIpc) is 2.06. The zero-order chi connectivity index (χ0) is 7.68. The molecule has 0 saturated heterocycles. The van der Waals surface area contributed by atoms with Crippen LogP contribution in [0.2, 0.25) is 0 Å². The summed E-state index contributed by atoms with van der Waals surface area (Å²) in [5, 5.41) is 2.51. The molecule has 0 nitrogen and oxygen atoms in total. The second-order valence-corrected chi connectivity index (χ2v) is 2.64. The van der Waals surface area contributed by atoms with E-state index >= 15 is 0 Å². The molecule has 2 aromatic carbocycles. The molecule has 0 amide bonds. The zero-order valence-electron chi connectivity index (χ0n) is 6.25. The van der Waals surface area contributed by atoms with Crippen molar-refractivity contribution in [3.63, 3.8) is 0 Å². The Labute approximate surface area is 84.8 Å². The van der Waals surface area contributed by atoms with E-state index in [1.165, 1.54) is 10.8 Å². The van der Waals surface area contributed by atoms with Crippen molar-refractivity contribution >= 4 is 29.6 Å². The Balaban J connectivity index is 0.000000720. The molecule has 1 radical (unpaired) electrons. The third-order valence-electron chi connectivity index (χ3n) is 1.88. The van der Waals surface area contributed by atoms with E-state index in [0.29, 0.717) is 0 Å². The van der Waals surface area contributed by atoms with Crippen LogP contribution in [0, 0.1) is 6.92 Å². The van der Waals surface area contributed by atoms with E-state index in [2.05, 4.69) is 25.1 Å². The maximum absolute atomic E-state index is 3.95. The summed E-state index contributed by atoms with van der Waals surface area (Å²) in [6, 6.07) is 14.4. The molecule has 0 aliphatic heterocycles. The Morgan fingerprint density at radius 3 is 2.25 bits per heavy atom.